The third-order valence-corrected chi connectivity index (χ3v) is 3.50. The normalized spacial score (nSPS) is 12.9. The van der Waals surface area contributed by atoms with E-state index in [-0.39, 0.29) is 6.04 Å². The van der Waals surface area contributed by atoms with Gasteiger partial charge in [0.05, 0.1) is 7.05 Å². The van der Waals surface area contributed by atoms with Gasteiger partial charge in [-0.05, 0) is 31.3 Å². The summed E-state index contributed by atoms with van der Waals surface area (Å²) in [5, 5.41) is 15.3. The summed E-state index contributed by atoms with van der Waals surface area (Å²) in [4.78, 5) is 4.12. The molecule has 0 bridgehead atoms. The summed E-state index contributed by atoms with van der Waals surface area (Å²) in [6.45, 7) is 2.11. The number of rotatable bonds is 4. The van der Waals surface area contributed by atoms with E-state index in [1.165, 1.54) is 14.6 Å². The molecule has 0 aromatic carbocycles. The van der Waals surface area contributed by atoms with Crippen molar-refractivity contribution in [3.8, 4) is 0 Å². The minimum absolute atomic E-state index is 0.267. The predicted octanol–water partition coefficient (Wildman–Crippen LogP) is 1.08. The van der Waals surface area contributed by atoms with Crippen molar-refractivity contribution in [2.24, 2.45) is 7.05 Å². The third-order valence-electron chi connectivity index (χ3n) is 2.39. The molecule has 2 rings (SSSR count). The maximum Gasteiger partial charge on any atom is 0.176 e. The van der Waals surface area contributed by atoms with Crippen molar-refractivity contribution < 1.29 is 0 Å². The lowest BCUT2D eigenvalue weighted by Gasteiger charge is -2.11. The van der Waals surface area contributed by atoms with Crippen LogP contribution in [0.15, 0.2) is 12.1 Å². The highest BCUT2D eigenvalue weighted by molar-refractivity contribution is 7.12. The molecule has 2 heterocycles. The molecule has 0 radical (unpaired) electrons. The van der Waals surface area contributed by atoms with Crippen LogP contribution >= 0.6 is 11.3 Å². The molecule has 0 amide bonds. The molecule has 0 aliphatic heterocycles. The van der Waals surface area contributed by atoms with Gasteiger partial charge in [0.15, 0.2) is 5.82 Å². The molecule has 0 saturated carbocycles. The van der Waals surface area contributed by atoms with Crippen molar-refractivity contribution in [1.82, 2.24) is 25.5 Å². The monoisotopic (exact) mass is 237 g/mol. The second-order valence-electron chi connectivity index (χ2n) is 3.69. The van der Waals surface area contributed by atoms with E-state index >= 15 is 0 Å². The van der Waals surface area contributed by atoms with E-state index < -0.39 is 0 Å². The van der Waals surface area contributed by atoms with Crippen LogP contribution in [0.3, 0.4) is 0 Å². The third kappa shape index (κ3) is 2.45. The smallest absolute Gasteiger partial charge is 0.176 e. The Labute approximate surface area is 98.5 Å². The van der Waals surface area contributed by atoms with E-state index in [2.05, 4.69) is 39.8 Å². The maximum atomic E-state index is 4.19. The van der Waals surface area contributed by atoms with Gasteiger partial charge in [-0.1, -0.05) is 0 Å². The zero-order valence-corrected chi connectivity index (χ0v) is 10.5. The Morgan fingerprint density at radius 1 is 1.50 bits per heavy atom. The average Bonchev–Trinajstić information content (AvgIpc) is 2.84. The highest BCUT2D eigenvalue weighted by Crippen LogP contribution is 2.24. The Hall–Kier alpha value is -1.27. The molecule has 16 heavy (non-hydrogen) atoms. The van der Waals surface area contributed by atoms with Gasteiger partial charge in [0.2, 0.25) is 0 Å². The number of likely N-dealkylation sites (N-methyl/N-ethyl adjacent to an activating group) is 1. The number of hydrogen-bond acceptors (Lipinski definition) is 5. The molecule has 86 valence electrons. The molecule has 2 aromatic heterocycles. The first-order chi connectivity index (χ1) is 7.69. The fourth-order valence-electron chi connectivity index (χ4n) is 1.57. The van der Waals surface area contributed by atoms with Crippen LogP contribution in [0.25, 0.3) is 0 Å². The number of nitrogens with one attached hydrogen (secondary N) is 1. The van der Waals surface area contributed by atoms with Crippen LogP contribution in [0.5, 0.6) is 0 Å². The number of hydrogen-bond donors (Lipinski definition) is 1. The number of aryl methyl sites for hydroxylation is 2. The van der Waals surface area contributed by atoms with Gasteiger partial charge in [0.25, 0.3) is 0 Å². The van der Waals surface area contributed by atoms with E-state index in [4.69, 9.17) is 0 Å². The van der Waals surface area contributed by atoms with Crippen molar-refractivity contribution in [3.63, 3.8) is 0 Å². The first-order valence-electron chi connectivity index (χ1n) is 5.15. The molecule has 1 N–H and O–H groups in total. The fourth-order valence-corrected chi connectivity index (χ4v) is 2.56. The second kappa shape index (κ2) is 4.71. The van der Waals surface area contributed by atoms with Gasteiger partial charge in [0.1, 0.15) is 0 Å². The number of aromatic nitrogens is 4. The molecule has 1 unspecified atom stereocenters. The van der Waals surface area contributed by atoms with Gasteiger partial charge in [-0.2, -0.15) is 4.80 Å². The van der Waals surface area contributed by atoms with Crippen LogP contribution in [0.2, 0.25) is 0 Å². The topological polar surface area (TPSA) is 55.6 Å². The Kier molecular flexibility index (Phi) is 3.31. The molecule has 0 saturated heterocycles. The second-order valence-corrected chi connectivity index (χ2v) is 5.01. The minimum atomic E-state index is 0.267. The summed E-state index contributed by atoms with van der Waals surface area (Å²) in [6.07, 6.45) is 0.768. The van der Waals surface area contributed by atoms with Gasteiger partial charge in [-0.15, -0.1) is 21.5 Å². The lowest BCUT2D eigenvalue weighted by molar-refractivity contribution is 0.578. The van der Waals surface area contributed by atoms with Crippen LogP contribution in [0.4, 0.5) is 0 Å². The van der Waals surface area contributed by atoms with E-state index in [1.54, 1.807) is 18.4 Å². The highest BCUT2D eigenvalue weighted by Gasteiger charge is 2.14. The standard InChI is InChI=1S/C10H15N5S/c1-7-4-5-9(16-7)8(11-2)6-10-12-14-15(3)13-10/h4-5,8,11H,6H2,1-3H3. The Morgan fingerprint density at radius 3 is 2.81 bits per heavy atom. The minimum Gasteiger partial charge on any atom is -0.312 e. The summed E-state index contributed by atoms with van der Waals surface area (Å²) in [5.41, 5.74) is 0. The molecule has 0 aliphatic rings. The summed E-state index contributed by atoms with van der Waals surface area (Å²) < 4.78 is 0. The molecule has 0 aliphatic carbocycles. The SMILES string of the molecule is CNC(Cc1nnn(C)n1)c1ccc(C)s1. The maximum absolute atomic E-state index is 4.19. The average molecular weight is 237 g/mol. The lowest BCUT2D eigenvalue weighted by Crippen LogP contribution is -2.18. The highest BCUT2D eigenvalue weighted by atomic mass is 32.1. The first kappa shape index (κ1) is 11.2. The Bertz CT molecular complexity index is 461. The van der Waals surface area contributed by atoms with E-state index in [9.17, 15) is 0 Å². The van der Waals surface area contributed by atoms with Crippen LogP contribution < -0.4 is 5.32 Å². The van der Waals surface area contributed by atoms with Crippen molar-refractivity contribution in [3.05, 3.63) is 27.7 Å². The number of tetrazole rings is 1. The summed E-state index contributed by atoms with van der Waals surface area (Å²) in [5.74, 6) is 0.771. The number of thiophene rings is 1. The largest absolute Gasteiger partial charge is 0.312 e. The fraction of sp³-hybridized carbons (Fsp3) is 0.500. The van der Waals surface area contributed by atoms with Gasteiger partial charge < -0.3 is 5.32 Å². The molecule has 2 aromatic rings. The van der Waals surface area contributed by atoms with Crippen LogP contribution in [-0.4, -0.2) is 27.3 Å². The van der Waals surface area contributed by atoms with Crippen molar-refractivity contribution >= 4 is 11.3 Å². The summed E-state index contributed by atoms with van der Waals surface area (Å²) >= 11 is 1.80. The van der Waals surface area contributed by atoms with Crippen LogP contribution in [0.1, 0.15) is 21.6 Å². The van der Waals surface area contributed by atoms with Crippen LogP contribution in [0, 0.1) is 6.92 Å². The van der Waals surface area contributed by atoms with E-state index in [0.717, 1.165) is 12.2 Å². The molecule has 0 spiro atoms. The van der Waals surface area contributed by atoms with Crippen LogP contribution in [-0.2, 0) is 13.5 Å². The van der Waals surface area contributed by atoms with Gasteiger partial charge in [-0.3, -0.25) is 0 Å². The van der Waals surface area contributed by atoms with Gasteiger partial charge in [0, 0.05) is 22.2 Å². The van der Waals surface area contributed by atoms with Gasteiger partial charge >= 0.3 is 0 Å². The Balaban J connectivity index is 2.12. The van der Waals surface area contributed by atoms with Gasteiger partial charge in [-0.25, -0.2) is 0 Å². The van der Waals surface area contributed by atoms with E-state index in [0.29, 0.717) is 0 Å². The quantitative estimate of drug-likeness (QED) is 0.864. The molecule has 1 atom stereocenters. The lowest BCUT2D eigenvalue weighted by atomic mass is 10.1. The molecular weight excluding hydrogens is 222 g/mol. The van der Waals surface area contributed by atoms with Crippen molar-refractivity contribution in [1.29, 1.82) is 0 Å². The summed E-state index contributed by atoms with van der Waals surface area (Å²) in [6, 6.07) is 4.55. The predicted molar refractivity (Wildman–Crippen MR) is 63.4 cm³/mol. The first-order valence-corrected chi connectivity index (χ1v) is 5.97. The zero-order valence-electron chi connectivity index (χ0n) is 9.64. The van der Waals surface area contributed by atoms with Crippen molar-refractivity contribution in [2.75, 3.05) is 7.05 Å². The summed E-state index contributed by atoms with van der Waals surface area (Å²) in [7, 11) is 3.73. The molecule has 5 nitrogen and oxygen atoms in total. The van der Waals surface area contributed by atoms with E-state index in [1.807, 2.05) is 7.05 Å². The number of nitrogens with zero attached hydrogens (tertiary/aromatic N) is 4. The zero-order chi connectivity index (χ0) is 11.5. The van der Waals surface area contributed by atoms with Crippen molar-refractivity contribution in [2.45, 2.75) is 19.4 Å². The molecular formula is C10H15N5S. The Morgan fingerprint density at radius 2 is 2.31 bits per heavy atom. The molecule has 6 heteroatoms. The molecule has 0 fully saturated rings.